The van der Waals surface area contributed by atoms with Crippen LogP contribution in [0.5, 0.6) is 0 Å². The molecule has 1 aromatic rings. The summed E-state index contributed by atoms with van der Waals surface area (Å²) in [5.41, 5.74) is 7.54. The lowest BCUT2D eigenvalue weighted by Gasteiger charge is -2.08. The Morgan fingerprint density at radius 2 is 2.36 bits per heavy atom. The van der Waals surface area contributed by atoms with Crippen LogP contribution in [0, 0.1) is 5.82 Å². The molecule has 1 aliphatic heterocycles. The molecule has 0 bridgehead atoms. The highest BCUT2D eigenvalue weighted by Gasteiger charge is 2.24. The molecule has 0 aromatic heterocycles. The Morgan fingerprint density at radius 1 is 1.64 bits per heavy atom. The van der Waals surface area contributed by atoms with E-state index >= 15 is 0 Å². The Labute approximate surface area is 81.1 Å². The molecule has 3 nitrogen and oxygen atoms in total. The average Bonchev–Trinajstić information content (AvgIpc) is 2.47. The second kappa shape index (κ2) is 2.97. The number of carbonyl (C=O) groups excluding carboxylic acids is 1. The smallest absolute Gasteiger partial charge is 0.228 e. The molecule has 14 heavy (non-hydrogen) atoms. The van der Waals surface area contributed by atoms with Gasteiger partial charge in [-0.2, -0.15) is 0 Å². The number of carbonyl (C=O) groups is 1. The van der Waals surface area contributed by atoms with Crippen molar-refractivity contribution < 1.29 is 9.18 Å². The van der Waals surface area contributed by atoms with Crippen LogP contribution in [0.15, 0.2) is 6.07 Å². The Balaban J connectivity index is 2.62. The summed E-state index contributed by atoms with van der Waals surface area (Å²) in [6.45, 7) is 1.83. The third-order valence-electron chi connectivity index (χ3n) is 2.45. The van der Waals surface area contributed by atoms with Crippen LogP contribution in [0.4, 0.5) is 15.8 Å². The summed E-state index contributed by atoms with van der Waals surface area (Å²) in [6.07, 6.45) is 0.751. The molecule has 1 aromatic carbocycles. The maximum absolute atomic E-state index is 13.7. The number of nitrogen functional groups attached to an aromatic ring is 1. The molecule has 1 aliphatic rings. The second-order valence-corrected chi connectivity index (χ2v) is 3.37. The molecule has 0 saturated carbocycles. The van der Waals surface area contributed by atoms with E-state index in [1.807, 2.05) is 6.92 Å². The highest BCUT2D eigenvalue weighted by atomic mass is 19.1. The van der Waals surface area contributed by atoms with Crippen molar-refractivity contribution in [3.05, 3.63) is 23.0 Å². The fraction of sp³-hybridized carbons (Fsp3) is 0.300. The molecule has 74 valence electrons. The van der Waals surface area contributed by atoms with Gasteiger partial charge in [-0.1, -0.05) is 6.92 Å². The fourth-order valence-corrected chi connectivity index (χ4v) is 1.76. The number of hydrogen-bond acceptors (Lipinski definition) is 2. The number of amides is 1. The first-order valence-corrected chi connectivity index (χ1v) is 4.53. The van der Waals surface area contributed by atoms with Gasteiger partial charge >= 0.3 is 0 Å². The summed E-state index contributed by atoms with van der Waals surface area (Å²) in [4.78, 5) is 11.0. The summed E-state index contributed by atoms with van der Waals surface area (Å²) in [5.74, 6) is -0.556. The van der Waals surface area contributed by atoms with Crippen LogP contribution >= 0.6 is 0 Å². The lowest BCUT2D eigenvalue weighted by atomic mass is 10.0. The molecule has 1 heterocycles. The Hall–Kier alpha value is -1.58. The molecule has 3 N–H and O–H groups in total. The standard InChI is InChI=1S/C10H11FN2O/c1-2-6-7(12)3-5-4-8(14)13-10(5)9(6)11/h3H,2,4,12H2,1H3,(H,13,14). The van der Waals surface area contributed by atoms with Gasteiger partial charge in [-0.3, -0.25) is 4.79 Å². The van der Waals surface area contributed by atoms with Crippen molar-refractivity contribution in [1.29, 1.82) is 0 Å². The molecule has 0 saturated heterocycles. The fourth-order valence-electron chi connectivity index (χ4n) is 1.76. The van der Waals surface area contributed by atoms with Crippen molar-refractivity contribution in [2.75, 3.05) is 11.1 Å². The zero-order valence-electron chi connectivity index (χ0n) is 7.86. The minimum Gasteiger partial charge on any atom is -0.398 e. The van der Waals surface area contributed by atoms with Gasteiger partial charge in [0.25, 0.3) is 0 Å². The number of hydrogen-bond donors (Lipinski definition) is 2. The molecule has 4 heteroatoms. The van der Waals surface area contributed by atoms with Crippen LogP contribution in [0.25, 0.3) is 0 Å². The predicted molar refractivity (Wildman–Crippen MR) is 52.5 cm³/mol. The van der Waals surface area contributed by atoms with Crippen molar-refractivity contribution in [3.63, 3.8) is 0 Å². The monoisotopic (exact) mass is 194 g/mol. The SMILES string of the molecule is CCc1c(N)cc2c(c1F)NC(=O)C2. The average molecular weight is 194 g/mol. The summed E-state index contributed by atoms with van der Waals surface area (Å²) in [5, 5.41) is 2.50. The van der Waals surface area contributed by atoms with E-state index in [9.17, 15) is 9.18 Å². The molecular formula is C10H11FN2O. The van der Waals surface area contributed by atoms with E-state index in [0.29, 0.717) is 28.9 Å². The summed E-state index contributed by atoms with van der Waals surface area (Å²) >= 11 is 0. The summed E-state index contributed by atoms with van der Waals surface area (Å²) in [7, 11) is 0. The minimum absolute atomic E-state index is 0.174. The molecule has 0 radical (unpaired) electrons. The maximum atomic E-state index is 13.7. The lowest BCUT2D eigenvalue weighted by molar-refractivity contribution is -0.115. The molecule has 1 amide bonds. The molecule has 0 fully saturated rings. The molecule has 0 atom stereocenters. The molecular weight excluding hydrogens is 183 g/mol. The van der Waals surface area contributed by atoms with E-state index in [4.69, 9.17) is 5.73 Å². The van der Waals surface area contributed by atoms with Crippen molar-refractivity contribution in [3.8, 4) is 0 Å². The number of benzene rings is 1. The van der Waals surface area contributed by atoms with E-state index in [-0.39, 0.29) is 18.1 Å². The van der Waals surface area contributed by atoms with Gasteiger partial charge in [-0.25, -0.2) is 4.39 Å². The first-order chi connectivity index (χ1) is 6.63. The lowest BCUT2D eigenvalue weighted by Crippen LogP contribution is -2.05. The summed E-state index contributed by atoms with van der Waals surface area (Å²) < 4.78 is 13.7. The maximum Gasteiger partial charge on any atom is 0.228 e. The zero-order valence-corrected chi connectivity index (χ0v) is 7.86. The van der Waals surface area contributed by atoms with Crippen LogP contribution in [-0.2, 0) is 17.6 Å². The largest absolute Gasteiger partial charge is 0.398 e. The van der Waals surface area contributed by atoms with E-state index in [1.54, 1.807) is 6.07 Å². The highest BCUT2D eigenvalue weighted by Crippen LogP contribution is 2.32. The van der Waals surface area contributed by atoms with Crippen LogP contribution in [0.1, 0.15) is 18.1 Å². The van der Waals surface area contributed by atoms with Gasteiger partial charge in [0, 0.05) is 11.3 Å². The first-order valence-electron chi connectivity index (χ1n) is 4.53. The minimum atomic E-state index is -0.381. The topological polar surface area (TPSA) is 55.1 Å². The Bertz CT molecular complexity index is 415. The predicted octanol–water partition coefficient (Wildman–Crippen LogP) is 1.46. The van der Waals surface area contributed by atoms with Crippen LogP contribution < -0.4 is 11.1 Å². The first kappa shape index (κ1) is 8.99. The highest BCUT2D eigenvalue weighted by molar-refractivity contribution is 6.00. The molecule has 0 unspecified atom stereocenters. The van der Waals surface area contributed by atoms with Crippen LogP contribution in [-0.4, -0.2) is 5.91 Å². The number of nitrogens with one attached hydrogen (secondary N) is 1. The number of fused-ring (bicyclic) bond motifs is 1. The van der Waals surface area contributed by atoms with Crippen LogP contribution in [0.2, 0.25) is 0 Å². The Morgan fingerprint density at radius 3 is 3.00 bits per heavy atom. The van der Waals surface area contributed by atoms with Gasteiger partial charge in [0.05, 0.1) is 12.1 Å². The van der Waals surface area contributed by atoms with Crippen molar-refractivity contribution in [1.82, 2.24) is 0 Å². The van der Waals surface area contributed by atoms with E-state index < -0.39 is 0 Å². The second-order valence-electron chi connectivity index (χ2n) is 3.37. The normalized spacial score (nSPS) is 14.0. The molecule has 0 aliphatic carbocycles. The molecule has 0 spiro atoms. The van der Waals surface area contributed by atoms with E-state index in [0.717, 1.165) is 0 Å². The van der Waals surface area contributed by atoms with E-state index in [1.165, 1.54) is 0 Å². The van der Waals surface area contributed by atoms with E-state index in [2.05, 4.69) is 5.32 Å². The Kier molecular flexibility index (Phi) is 1.91. The number of nitrogens with two attached hydrogens (primary N) is 1. The van der Waals surface area contributed by atoms with Crippen molar-refractivity contribution >= 4 is 17.3 Å². The summed E-state index contributed by atoms with van der Waals surface area (Å²) in [6, 6.07) is 1.68. The van der Waals surface area contributed by atoms with Crippen molar-refractivity contribution in [2.45, 2.75) is 19.8 Å². The zero-order chi connectivity index (χ0) is 10.3. The van der Waals surface area contributed by atoms with Crippen molar-refractivity contribution in [2.24, 2.45) is 0 Å². The third kappa shape index (κ3) is 1.14. The number of rotatable bonds is 1. The van der Waals surface area contributed by atoms with Gasteiger partial charge in [-0.15, -0.1) is 0 Å². The van der Waals surface area contributed by atoms with Gasteiger partial charge < -0.3 is 11.1 Å². The van der Waals surface area contributed by atoms with Gasteiger partial charge in [0.2, 0.25) is 5.91 Å². The van der Waals surface area contributed by atoms with Gasteiger partial charge in [0.1, 0.15) is 0 Å². The third-order valence-corrected chi connectivity index (χ3v) is 2.45. The number of anilines is 2. The van der Waals surface area contributed by atoms with Crippen LogP contribution in [0.3, 0.4) is 0 Å². The number of halogens is 1. The molecule has 2 rings (SSSR count). The van der Waals surface area contributed by atoms with Gasteiger partial charge in [0.15, 0.2) is 5.82 Å². The quantitative estimate of drug-likeness (QED) is 0.665. The van der Waals surface area contributed by atoms with Gasteiger partial charge in [-0.05, 0) is 18.1 Å².